The number of carboxylic acid groups (broad SMARTS) is 1. The average molecular weight is 307 g/mol. The molecule has 16 heavy (non-hydrogen) atoms. The van der Waals surface area contributed by atoms with Crippen molar-refractivity contribution in [3.8, 4) is 0 Å². The molecule has 0 unspecified atom stereocenters. The first-order valence-corrected chi connectivity index (χ1v) is 7.08. The quantitative estimate of drug-likeness (QED) is 0.926. The number of sulfone groups is 1. The van der Waals surface area contributed by atoms with Crippen LogP contribution in [0.25, 0.3) is 0 Å². The van der Waals surface area contributed by atoms with Crippen molar-refractivity contribution in [3.05, 3.63) is 28.2 Å². The molecule has 0 spiro atoms. The zero-order valence-electron chi connectivity index (χ0n) is 8.60. The molecule has 1 aromatic carbocycles. The molecule has 0 aliphatic heterocycles. The van der Waals surface area contributed by atoms with Gasteiger partial charge in [0.1, 0.15) is 0 Å². The van der Waals surface area contributed by atoms with Gasteiger partial charge < -0.3 is 5.11 Å². The zero-order chi connectivity index (χ0) is 12.3. The summed E-state index contributed by atoms with van der Waals surface area (Å²) in [6.45, 7) is 1.76. The molecule has 0 bridgehead atoms. The summed E-state index contributed by atoms with van der Waals surface area (Å²) in [5.41, 5.74) is -0.0443. The number of aromatic carboxylic acids is 1. The van der Waals surface area contributed by atoms with Crippen LogP contribution in [0.5, 0.6) is 0 Å². The number of carbonyl (C=O) groups is 1. The fraction of sp³-hybridized carbons (Fsp3) is 0.300. The van der Waals surface area contributed by atoms with Crippen LogP contribution < -0.4 is 0 Å². The molecule has 0 fully saturated rings. The molecular formula is C10H11BrO4S. The third-order valence-electron chi connectivity index (χ3n) is 2.00. The van der Waals surface area contributed by atoms with Crippen molar-refractivity contribution in [2.45, 2.75) is 18.2 Å². The highest BCUT2D eigenvalue weighted by Gasteiger charge is 2.17. The van der Waals surface area contributed by atoms with Crippen molar-refractivity contribution in [1.29, 1.82) is 0 Å². The summed E-state index contributed by atoms with van der Waals surface area (Å²) in [5.74, 6) is -1.13. The third kappa shape index (κ3) is 2.82. The minimum absolute atomic E-state index is 0.0215. The number of hydrogen-bond acceptors (Lipinski definition) is 3. The Hall–Kier alpha value is -0.880. The van der Waals surface area contributed by atoms with Crippen LogP contribution >= 0.6 is 15.9 Å². The second-order valence-electron chi connectivity index (χ2n) is 3.27. The first-order valence-electron chi connectivity index (χ1n) is 4.64. The topological polar surface area (TPSA) is 71.4 Å². The monoisotopic (exact) mass is 306 g/mol. The molecule has 6 heteroatoms. The van der Waals surface area contributed by atoms with Gasteiger partial charge in [-0.05, 0) is 40.5 Å². The van der Waals surface area contributed by atoms with Gasteiger partial charge in [0.2, 0.25) is 0 Å². The van der Waals surface area contributed by atoms with E-state index in [0.29, 0.717) is 10.9 Å². The first kappa shape index (κ1) is 13.2. The zero-order valence-corrected chi connectivity index (χ0v) is 11.0. The molecule has 0 radical (unpaired) electrons. The third-order valence-corrected chi connectivity index (χ3v) is 4.61. The Bertz CT molecular complexity index is 508. The van der Waals surface area contributed by atoms with Crippen LogP contribution in [0.15, 0.2) is 27.6 Å². The number of hydrogen-bond donors (Lipinski definition) is 1. The van der Waals surface area contributed by atoms with Gasteiger partial charge in [-0.25, -0.2) is 13.2 Å². The molecule has 0 aliphatic carbocycles. The van der Waals surface area contributed by atoms with E-state index >= 15 is 0 Å². The highest BCUT2D eigenvalue weighted by Crippen LogP contribution is 2.22. The Morgan fingerprint density at radius 1 is 1.44 bits per heavy atom. The maximum absolute atomic E-state index is 11.7. The van der Waals surface area contributed by atoms with Gasteiger partial charge >= 0.3 is 5.97 Å². The van der Waals surface area contributed by atoms with Crippen LogP contribution in [0.1, 0.15) is 23.7 Å². The Labute approximate surface area is 102 Å². The van der Waals surface area contributed by atoms with Crippen molar-refractivity contribution in [1.82, 2.24) is 0 Å². The standard InChI is InChI=1S/C10H11BrO4S/c1-2-5-16(14,15)7-3-4-9(11)8(6-7)10(12)13/h3-4,6H,2,5H2,1H3,(H,12,13). The van der Waals surface area contributed by atoms with Gasteiger partial charge in [0.05, 0.1) is 16.2 Å². The molecule has 1 rings (SSSR count). The molecule has 0 saturated heterocycles. The summed E-state index contributed by atoms with van der Waals surface area (Å²) in [4.78, 5) is 10.9. The van der Waals surface area contributed by atoms with Crippen LogP contribution in [0, 0.1) is 0 Å². The largest absolute Gasteiger partial charge is 0.478 e. The summed E-state index contributed by atoms with van der Waals surface area (Å²) >= 11 is 3.06. The lowest BCUT2D eigenvalue weighted by Crippen LogP contribution is -2.08. The lowest BCUT2D eigenvalue weighted by molar-refractivity contribution is 0.0695. The first-order chi connectivity index (χ1) is 7.38. The van der Waals surface area contributed by atoms with E-state index in [4.69, 9.17) is 5.11 Å². The van der Waals surface area contributed by atoms with E-state index in [1.165, 1.54) is 18.2 Å². The molecule has 0 heterocycles. The minimum atomic E-state index is -3.37. The highest BCUT2D eigenvalue weighted by molar-refractivity contribution is 9.10. The highest BCUT2D eigenvalue weighted by atomic mass is 79.9. The fourth-order valence-electron chi connectivity index (χ4n) is 1.25. The predicted octanol–water partition coefficient (Wildman–Crippen LogP) is 2.33. The van der Waals surface area contributed by atoms with Crippen LogP contribution in [-0.4, -0.2) is 25.2 Å². The smallest absolute Gasteiger partial charge is 0.336 e. The molecule has 1 N–H and O–H groups in total. The SMILES string of the molecule is CCCS(=O)(=O)c1ccc(Br)c(C(=O)O)c1. The van der Waals surface area contributed by atoms with Crippen LogP contribution in [-0.2, 0) is 9.84 Å². The van der Waals surface area contributed by atoms with E-state index in [9.17, 15) is 13.2 Å². The number of benzene rings is 1. The summed E-state index contributed by atoms with van der Waals surface area (Å²) in [7, 11) is -3.37. The average Bonchev–Trinajstić information content (AvgIpc) is 2.17. The van der Waals surface area contributed by atoms with Gasteiger partial charge in [-0.1, -0.05) is 6.92 Å². The van der Waals surface area contributed by atoms with Gasteiger partial charge in [0.25, 0.3) is 0 Å². The van der Waals surface area contributed by atoms with Gasteiger partial charge in [0.15, 0.2) is 9.84 Å². The van der Waals surface area contributed by atoms with Crippen molar-refractivity contribution < 1.29 is 18.3 Å². The summed E-state index contributed by atoms with van der Waals surface area (Å²) in [6.07, 6.45) is 0.501. The summed E-state index contributed by atoms with van der Waals surface area (Å²) in [5, 5.41) is 8.86. The van der Waals surface area contributed by atoms with Gasteiger partial charge in [-0.3, -0.25) is 0 Å². The van der Waals surface area contributed by atoms with Crippen molar-refractivity contribution >= 4 is 31.7 Å². The van der Waals surface area contributed by atoms with Gasteiger partial charge in [-0.15, -0.1) is 0 Å². The summed E-state index contributed by atoms with van der Waals surface area (Å²) in [6, 6.07) is 4.02. The van der Waals surface area contributed by atoms with Gasteiger partial charge in [-0.2, -0.15) is 0 Å². The van der Waals surface area contributed by atoms with Crippen molar-refractivity contribution in [3.63, 3.8) is 0 Å². The molecule has 0 aromatic heterocycles. The molecule has 4 nitrogen and oxygen atoms in total. The second kappa shape index (κ2) is 4.97. The molecular weight excluding hydrogens is 296 g/mol. The molecule has 1 aromatic rings. The molecule has 0 aliphatic rings. The second-order valence-corrected chi connectivity index (χ2v) is 6.23. The normalized spacial score (nSPS) is 11.4. The van der Waals surface area contributed by atoms with E-state index in [1.54, 1.807) is 6.92 Å². The number of rotatable bonds is 4. The van der Waals surface area contributed by atoms with E-state index < -0.39 is 15.8 Å². The van der Waals surface area contributed by atoms with E-state index in [2.05, 4.69) is 15.9 Å². The Balaban J connectivity index is 3.28. The Kier molecular flexibility index (Phi) is 4.09. The van der Waals surface area contributed by atoms with Gasteiger partial charge in [0, 0.05) is 4.47 Å². The maximum Gasteiger partial charge on any atom is 0.336 e. The predicted molar refractivity (Wildman–Crippen MR) is 63.4 cm³/mol. The van der Waals surface area contributed by atoms with Crippen molar-refractivity contribution in [2.75, 3.05) is 5.75 Å². The van der Waals surface area contributed by atoms with Crippen LogP contribution in [0.4, 0.5) is 0 Å². The molecule has 0 saturated carbocycles. The lowest BCUT2D eigenvalue weighted by atomic mass is 10.2. The van der Waals surface area contributed by atoms with E-state index in [1.807, 2.05) is 0 Å². The Morgan fingerprint density at radius 3 is 2.56 bits per heavy atom. The molecule has 0 atom stereocenters. The lowest BCUT2D eigenvalue weighted by Gasteiger charge is -2.05. The van der Waals surface area contributed by atoms with E-state index in [-0.39, 0.29) is 16.2 Å². The molecule has 0 amide bonds. The van der Waals surface area contributed by atoms with Crippen molar-refractivity contribution in [2.24, 2.45) is 0 Å². The number of carboxylic acids is 1. The summed E-state index contributed by atoms with van der Waals surface area (Å²) < 4.78 is 23.8. The molecule has 88 valence electrons. The fourth-order valence-corrected chi connectivity index (χ4v) is 3.01. The Morgan fingerprint density at radius 2 is 2.06 bits per heavy atom. The minimum Gasteiger partial charge on any atom is -0.478 e. The van der Waals surface area contributed by atoms with Crippen LogP contribution in [0.3, 0.4) is 0 Å². The number of halogens is 1. The van der Waals surface area contributed by atoms with Crippen LogP contribution in [0.2, 0.25) is 0 Å². The maximum atomic E-state index is 11.7. The van der Waals surface area contributed by atoms with E-state index in [0.717, 1.165) is 0 Å².